The maximum absolute atomic E-state index is 12.8. The summed E-state index contributed by atoms with van der Waals surface area (Å²) < 4.78 is 26.3. The highest BCUT2D eigenvalue weighted by Gasteiger charge is 2.32. The first-order valence-electron chi connectivity index (χ1n) is 7.98. The maximum atomic E-state index is 12.8. The zero-order chi connectivity index (χ0) is 17.2. The first kappa shape index (κ1) is 16.7. The lowest BCUT2D eigenvalue weighted by atomic mass is 10.1. The molecule has 24 heavy (non-hydrogen) atoms. The van der Waals surface area contributed by atoms with Gasteiger partial charge >= 0.3 is 0 Å². The van der Waals surface area contributed by atoms with Crippen molar-refractivity contribution < 1.29 is 13.2 Å². The second-order valence-corrected chi connectivity index (χ2v) is 8.37. The van der Waals surface area contributed by atoms with Crippen LogP contribution in [-0.2, 0) is 21.2 Å². The number of hydrogen-bond acceptors (Lipinski definition) is 4. The van der Waals surface area contributed by atoms with Crippen LogP contribution in [0.3, 0.4) is 0 Å². The van der Waals surface area contributed by atoms with Crippen LogP contribution in [0.2, 0.25) is 0 Å². The average molecular weight is 347 g/mol. The highest BCUT2D eigenvalue weighted by atomic mass is 32.2. The van der Waals surface area contributed by atoms with Crippen molar-refractivity contribution >= 4 is 15.7 Å². The Bertz CT molecular complexity index is 815. The largest absolute Gasteiger partial charge is 0.333 e. The second kappa shape index (κ2) is 6.76. The fourth-order valence-electron chi connectivity index (χ4n) is 3.06. The van der Waals surface area contributed by atoms with Crippen molar-refractivity contribution in [3.63, 3.8) is 0 Å². The Morgan fingerprint density at radius 2 is 2.04 bits per heavy atom. The van der Waals surface area contributed by atoms with Crippen LogP contribution >= 0.6 is 0 Å². The van der Waals surface area contributed by atoms with Gasteiger partial charge in [0.25, 0.3) is 0 Å². The van der Waals surface area contributed by atoms with Gasteiger partial charge in [-0.25, -0.2) is 13.4 Å². The van der Waals surface area contributed by atoms with Gasteiger partial charge in [0.1, 0.15) is 6.54 Å². The number of carbonyl (C=O) groups is 1. The third-order valence-corrected chi connectivity index (χ3v) is 6.11. The van der Waals surface area contributed by atoms with Crippen molar-refractivity contribution in [3.8, 4) is 0 Å². The molecule has 1 aliphatic rings. The molecule has 3 rings (SSSR count). The van der Waals surface area contributed by atoms with Gasteiger partial charge in [0.05, 0.1) is 23.9 Å². The third-order valence-electron chi connectivity index (χ3n) is 4.37. The maximum Gasteiger partial charge on any atom is 0.243 e. The Kier molecular flexibility index (Phi) is 4.71. The van der Waals surface area contributed by atoms with Crippen LogP contribution in [0.1, 0.15) is 23.7 Å². The minimum absolute atomic E-state index is 0.0222. The summed E-state index contributed by atoms with van der Waals surface area (Å²) in [6.07, 6.45) is 3.80. The van der Waals surface area contributed by atoms with Gasteiger partial charge in [-0.05, 0) is 18.9 Å². The van der Waals surface area contributed by atoms with E-state index < -0.39 is 15.9 Å². The van der Waals surface area contributed by atoms with Crippen molar-refractivity contribution in [2.75, 3.05) is 18.1 Å². The number of carbonyl (C=O) groups excluding carboxylic acids is 1. The zero-order valence-electron chi connectivity index (χ0n) is 13.6. The predicted molar refractivity (Wildman–Crippen MR) is 91.1 cm³/mol. The SMILES string of the molecule is Cc1cncn1CC(=O)N1CCCS(=O)(=O)CC1c1ccccc1. The molecule has 6 nitrogen and oxygen atoms in total. The van der Waals surface area contributed by atoms with Crippen LogP contribution in [-0.4, -0.2) is 46.8 Å². The van der Waals surface area contributed by atoms with E-state index in [0.29, 0.717) is 13.0 Å². The van der Waals surface area contributed by atoms with Crippen LogP contribution in [0.15, 0.2) is 42.9 Å². The monoisotopic (exact) mass is 347 g/mol. The van der Waals surface area contributed by atoms with E-state index in [9.17, 15) is 13.2 Å². The van der Waals surface area contributed by atoms with E-state index in [0.717, 1.165) is 11.3 Å². The van der Waals surface area contributed by atoms with Crippen LogP contribution in [0.5, 0.6) is 0 Å². The normalized spacial score (nSPS) is 20.5. The standard InChI is InChI=1S/C17H21N3O3S/c1-14-10-18-13-19(14)11-17(21)20-8-5-9-24(22,23)12-16(20)15-6-3-2-4-7-15/h2-4,6-7,10,13,16H,5,8-9,11-12H2,1H3. The summed E-state index contributed by atoms with van der Waals surface area (Å²) in [6.45, 7) is 2.52. The van der Waals surface area contributed by atoms with Gasteiger partial charge in [-0.15, -0.1) is 0 Å². The molecule has 0 radical (unpaired) electrons. The van der Waals surface area contributed by atoms with E-state index in [1.807, 2.05) is 37.3 Å². The van der Waals surface area contributed by atoms with E-state index in [1.165, 1.54) is 0 Å². The average Bonchev–Trinajstić information content (AvgIpc) is 2.87. The van der Waals surface area contributed by atoms with Crippen molar-refractivity contribution in [2.45, 2.75) is 25.9 Å². The summed E-state index contributed by atoms with van der Waals surface area (Å²) in [4.78, 5) is 18.6. The van der Waals surface area contributed by atoms with Crippen molar-refractivity contribution in [1.82, 2.24) is 14.5 Å². The summed E-state index contributed by atoms with van der Waals surface area (Å²) in [5.74, 6) is 0.0256. The highest BCUT2D eigenvalue weighted by Crippen LogP contribution is 2.26. The molecule has 1 aliphatic heterocycles. The zero-order valence-corrected chi connectivity index (χ0v) is 14.4. The summed E-state index contributed by atoms with van der Waals surface area (Å²) in [5, 5.41) is 0. The lowest BCUT2D eigenvalue weighted by Crippen LogP contribution is -2.39. The van der Waals surface area contributed by atoms with Crippen LogP contribution in [0, 0.1) is 6.92 Å². The Balaban J connectivity index is 1.90. The first-order chi connectivity index (χ1) is 11.5. The minimum Gasteiger partial charge on any atom is -0.333 e. The molecule has 1 amide bonds. The molecule has 0 spiro atoms. The lowest BCUT2D eigenvalue weighted by molar-refractivity contribution is -0.133. The molecule has 7 heteroatoms. The number of aryl methyl sites for hydroxylation is 1. The topological polar surface area (TPSA) is 72.3 Å². The molecule has 1 aromatic heterocycles. The fraction of sp³-hybridized carbons (Fsp3) is 0.412. The molecule has 1 saturated heterocycles. The number of sulfone groups is 1. The number of hydrogen-bond donors (Lipinski definition) is 0. The number of aromatic nitrogens is 2. The van der Waals surface area contributed by atoms with Crippen LogP contribution in [0.25, 0.3) is 0 Å². The molecular formula is C17H21N3O3S. The van der Waals surface area contributed by atoms with Gasteiger partial charge in [-0.3, -0.25) is 4.79 Å². The third kappa shape index (κ3) is 3.67. The van der Waals surface area contributed by atoms with E-state index in [-0.39, 0.29) is 24.0 Å². The van der Waals surface area contributed by atoms with E-state index in [4.69, 9.17) is 0 Å². The fourth-order valence-corrected chi connectivity index (χ4v) is 4.65. The number of nitrogens with zero attached hydrogens (tertiary/aromatic N) is 3. The van der Waals surface area contributed by atoms with Crippen molar-refractivity contribution in [1.29, 1.82) is 0 Å². The molecule has 2 aromatic rings. The van der Waals surface area contributed by atoms with Crippen molar-refractivity contribution in [2.24, 2.45) is 0 Å². The van der Waals surface area contributed by atoms with Gasteiger partial charge in [0.15, 0.2) is 9.84 Å². The molecule has 1 atom stereocenters. The molecule has 0 bridgehead atoms. The molecule has 0 saturated carbocycles. The smallest absolute Gasteiger partial charge is 0.243 e. The molecule has 128 valence electrons. The van der Waals surface area contributed by atoms with E-state index >= 15 is 0 Å². The molecule has 1 unspecified atom stereocenters. The lowest BCUT2D eigenvalue weighted by Gasteiger charge is -2.30. The number of benzene rings is 1. The summed E-state index contributed by atoms with van der Waals surface area (Å²) >= 11 is 0. The van der Waals surface area contributed by atoms with Crippen LogP contribution in [0.4, 0.5) is 0 Å². The summed E-state index contributed by atoms with van der Waals surface area (Å²) in [6, 6.07) is 8.96. The molecule has 1 aromatic carbocycles. The molecule has 0 N–H and O–H groups in total. The van der Waals surface area contributed by atoms with E-state index in [1.54, 1.807) is 22.0 Å². The van der Waals surface area contributed by atoms with Gasteiger partial charge in [0, 0.05) is 18.4 Å². The van der Waals surface area contributed by atoms with Gasteiger partial charge in [-0.2, -0.15) is 0 Å². The summed E-state index contributed by atoms with van der Waals surface area (Å²) in [7, 11) is -3.17. The van der Waals surface area contributed by atoms with Crippen LogP contribution < -0.4 is 0 Å². The molecule has 2 heterocycles. The quantitative estimate of drug-likeness (QED) is 0.845. The first-order valence-corrected chi connectivity index (χ1v) is 9.80. The Labute approximate surface area is 142 Å². The van der Waals surface area contributed by atoms with Gasteiger partial charge < -0.3 is 9.47 Å². The van der Waals surface area contributed by atoms with E-state index in [2.05, 4.69) is 4.98 Å². The summed E-state index contributed by atoms with van der Waals surface area (Å²) in [5.41, 5.74) is 1.76. The predicted octanol–water partition coefficient (Wildman–Crippen LogP) is 1.58. The molecular weight excluding hydrogens is 326 g/mol. The van der Waals surface area contributed by atoms with Crippen molar-refractivity contribution in [3.05, 3.63) is 54.1 Å². The highest BCUT2D eigenvalue weighted by molar-refractivity contribution is 7.91. The minimum atomic E-state index is -3.17. The number of imidazole rings is 1. The molecule has 0 aliphatic carbocycles. The Morgan fingerprint density at radius 1 is 1.29 bits per heavy atom. The second-order valence-electron chi connectivity index (χ2n) is 6.14. The Hall–Kier alpha value is -2.15. The number of amides is 1. The van der Waals surface area contributed by atoms with Gasteiger partial charge in [-0.1, -0.05) is 30.3 Å². The molecule has 1 fully saturated rings. The van der Waals surface area contributed by atoms with Gasteiger partial charge in [0.2, 0.25) is 5.91 Å². The number of rotatable bonds is 3. The Morgan fingerprint density at radius 3 is 2.71 bits per heavy atom.